The van der Waals surface area contributed by atoms with Gasteiger partial charge in [-0.2, -0.15) is 0 Å². The molecule has 6 heteroatoms. The lowest BCUT2D eigenvalue weighted by atomic mass is 10.0. The molecule has 0 spiro atoms. The zero-order valence-corrected chi connectivity index (χ0v) is 13.7. The van der Waals surface area contributed by atoms with Crippen LogP contribution in [0.15, 0.2) is 30.3 Å². The van der Waals surface area contributed by atoms with Crippen molar-refractivity contribution in [3.8, 4) is 11.1 Å². The smallest absolute Gasteiger partial charge is 0.0662 e. The van der Waals surface area contributed by atoms with E-state index in [4.69, 9.17) is 52.1 Å². The van der Waals surface area contributed by atoms with Gasteiger partial charge in [-0.3, -0.25) is 0 Å². The maximum atomic E-state index is 6.32. The van der Waals surface area contributed by atoms with E-state index in [0.717, 1.165) is 27.7 Å². The van der Waals surface area contributed by atoms with Crippen molar-refractivity contribution < 1.29 is 0 Å². The molecule has 2 aromatic carbocycles. The fraction of sp³-hybridized carbons (Fsp3) is 0.0667. The summed E-state index contributed by atoms with van der Waals surface area (Å²) in [6, 6.07) is 8.88. The van der Waals surface area contributed by atoms with Gasteiger partial charge < -0.3 is 10.7 Å². The summed E-state index contributed by atoms with van der Waals surface area (Å²) in [5.74, 6) is 0. The van der Waals surface area contributed by atoms with Gasteiger partial charge in [-0.15, -0.1) is 0 Å². The largest absolute Gasteiger partial charge is 0.356 e. The number of hydrogen-bond donors (Lipinski definition) is 2. The van der Waals surface area contributed by atoms with Crippen molar-refractivity contribution >= 4 is 57.3 Å². The van der Waals surface area contributed by atoms with E-state index in [2.05, 4.69) is 4.98 Å². The Morgan fingerprint density at radius 1 is 0.905 bits per heavy atom. The Kier molecular flexibility index (Phi) is 4.08. The maximum absolute atomic E-state index is 6.32. The Labute approximate surface area is 141 Å². The van der Waals surface area contributed by atoms with Crippen LogP contribution in [0.3, 0.4) is 0 Å². The Morgan fingerprint density at radius 2 is 1.62 bits per heavy atom. The van der Waals surface area contributed by atoms with Gasteiger partial charge in [-0.1, -0.05) is 52.5 Å². The number of nitrogens with one attached hydrogen (secondary N) is 1. The van der Waals surface area contributed by atoms with Crippen LogP contribution in [0.1, 0.15) is 5.69 Å². The number of aromatic amines is 1. The minimum absolute atomic E-state index is 0.330. The number of halogens is 4. The third-order valence-electron chi connectivity index (χ3n) is 3.31. The average Bonchev–Trinajstić information content (AvgIpc) is 2.77. The van der Waals surface area contributed by atoms with Gasteiger partial charge in [0.15, 0.2) is 0 Å². The van der Waals surface area contributed by atoms with Crippen molar-refractivity contribution in [3.63, 3.8) is 0 Å². The van der Waals surface area contributed by atoms with E-state index >= 15 is 0 Å². The highest BCUT2D eigenvalue weighted by molar-refractivity contribution is 6.39. The van der Waals surface area contributed by atoms with Gasteiger partial charge in [0.2, 0.25) is 0 Å². The first-order valence-corrected chi connectivity index (χ1v) is 7.67. The van der Waals surface area contributed by atoms with E-state index in [1.807, 2.05) is 12.1 Å². The first-order chi connectivity index (χ1) is 10.0. The lowest BCUT2D eigenvalue weighted by Gasteiger charge is -2.07. The SMILES string of the molecule is NCc1[nH]c2c(Cl)cc(Cl)cc2c1-c1ccc(Cl)cc1Cl. The minimum Gasteiger partial charge on any atom is -0.356 e. The molecule has 0 amide bonds. The van der Waals surface area contributed by atoms with Gasteiger partial charge in [0, 0.05) is 43.8 Å². The lowest BCUT2D eigenvalue weighted by Crippen LogP contribution is -1.98. The topological polar surface area (TPSA) is 41.8 Å². The number of H-pyrrole nitrogens is 1. The van der Waals surface area contributed by atoms with Crippen molar-refractivity contribution in [1.82, 2.24) is 4.98 Å². The number of rotatable bonds is 2. The number of benzene rings is 2. The highest BCUT2D eigenvalue weighted by Gasteiger charge is 2.17. The van der Waals surface area contributed by atoms with Gasteiger partial charge in [-0.05, 0) is 24.3 Å². The molecule has 0 radical (unpaired) electrons. The van der Waals surface area contributed by atoms with Crippen LogP contribution in [0.5, 0.6) is 0 Å². The molecule has 3 aromatic rings. The van der Waals surface area contributed by atoms with Gasteiger partial charge in [0.25, 0.3) is 0 Å². The normalized spacial score (nSPS) is 11.3. The third-order valence-corrected chi connectivity index (χ3v) is 4.37. The van der Waals surface area contributed by atoms with Gasteiger partial charge >= 0.3 is 0 Å². The van der Waals surface area contributed by atoms with Gasteiger partial charge in [0.05, 0.1) is 10.5 Å². The average molecular weight is 360 g/mol. The van der Waals surface area contributed by atoms with E-state index in [1.165, 1.54) is 0 Å². The fourth-order valence-corrected chi connectivity index (χ4v) is 3.47. The minimum atomic E-state index is 0.330. The second-order valence-corrected chi connectivity index (χ2v) is 6.30. The molecule has 2 nitrogen and oxygen atoms in total. The Morgan fingerprint density at radius 3 is 2.29 bits per heavy atom. The fourth-order valence-electron chi connectivity index (χ4n) is 2.43. The number of hydrogen-bond acceptors (Lipinski definition) is 1. The molecule has 0 unspecified atom stereocenters. The summed E-state index contributed by atoms with van der Waals surface area (Å²) in [5.41, 5.74) is 9.22. The standard InChI is InChI=1S/C15H10Cl4N2/c16-7-1-2-9(11(18)4-7)14-10-3-8(17)5-12(19)15(10)21-13(14)6-20/h1-5,21H,6,20H2. The molecule has 21 heavy (non-hydrogen) atoms. The predicted octanol–water partition coefficient (Wildman–Crippen LogP) is 5.91. The van der Waals surface area contributed by atoms with Crippen LogP contribution < -0.4 is 5.73 Å². The zero-order valence-electron chi connectivity index (χ0n) is 10.7. The lowest BCUT2D eigenvalue weighted by molar-refractivity contribution is 1.02. The second kappa shape index (κ2) is 5.71. The molecule has 3 N–H and O–H groups in total. The van der Waals surface area contributed by atoms with Gasteiger partial charge in [0.1, 0.15) is 0 Å². The Hall–Kier alpha value is -0.900. The molecular formula is C15H10Cl4N2. The van der Waals surface area contributed by atoms with Crippen LogP contribution in [0.4, 0.5) is 0 Å². The quantitative estimate of drug-likeness (QED) is 0.586. The van der Waals surface area contributed by atoms with Crippen LogP contribution in [-0.2, 0) is 6.54 Å². The van der Waals surface area contributed by atoms with Crippen LogP contribution in [-0.4, -0.2) is 4.98 Å². The van der Waals surface area contributed by atoms with Crippen LogP contribution in [0.25, 0.3) is 22.0 Å². The predicted molar refractivity (Wildman–Crippen MR) is 91.7 cm³/mol. The van der Waals surface area contributed by atoms with Crippen LogP contribution in [0.2, 0.25) is 20.1 Å². The molecular weight excluding hydrogens is 350 g/mol. The molecule has 3 rings (SSSR count). The van der Waals surface area contributed by atoms with Crippen molar-refractivity contribution in [2.45, 2.75) is 6.54 Å². The zero-order chi connectivity index (χ0) is 15.1. The third kappa shape index (κ3) is 2.63. The highest BCUT2D eigenvalue weighted by Crippen LogP contribution is 2.40. The summed E-state index contributed by atoms with van der Waals surface area (Å²) < 4.78 is 0. The molecule has 0 aliphatic carbocycles. The molecule has 0 fully saturated rings. The van der Waals surface area contributed by atoms with Crippen molar-refractivity contribution in [2.75, 3.05) is 0 Å². The molecule has 1 heterocycles. The number of nitrogens with two attached hydrogens (primary N) is 1. The summed E-state index contributed by atoms with van der Waals surface area (Å²) in [7, 11) is 0. The first kappa shape index (κ1) is 15.0. The maximum Gasteiger partial charge on any atom is 0.0662 e. The second-order valence-electron chi connectivity index (χ2n) is 4.62. The van der Waals surface area contributed by atoms with Crippen molar-refractivity contribution in [2.24, 2.45) is 5.73 Å². The molecule has 0 bridgehead atoms. The molecule has 0 aliphatic rings. The molecule has 0 saturated carbocycles. The first-order valence-electron chi connectivity index (χ1n) is 6.16. The monoisotopic (exact) mass is 358 g/mol. The van der Waals surface area contributed by atoms with E-state index in [1.54, 1.807) is 18.2 Å². The van der Waals surface area contributed by atoms with E-state index in [-0.39, 0.29) is 0 Å². The summed E-state index contributed by atoms with van der Waals surface area (Å²) in [4.78, 5) is 3.24. The summed E-state index contributed by atoms with van der Waals surface area (Å²) >= 11 is 24.6. The van der Waals surface area contributed by atoms with E-state index < -0.39 is 0 Å². The summed E-state index contributed by atoms with van der Waals surface area (Å²) in [6.07, 6.45) is 0. The van der Waals surface area contributed by atoms with Crippen molar-refractivity contribution in [3.05, 3.63) is 56.1 Å². The number of aromatic nitrogens is 1. The van der Waals surface area contributed by atoms with Crippen LogP contribution >= 0.6 is 46.4 Å². The molecule has 0 saturated heterocycles. The van der Waals surface area contributed by atoms with E-state index in [0.29, 0.717) is 26.6 Å². The summed E-state index contributed by atoms with van der Waals surface area (Å²) in [6.45, 7) is 0.330. The number of fused-ring (bicyclic) bond motifs is 1. The van der Waals surface area contributed by atoms with Gasteiger partial charge in [-0.25, -0.2) is 0 Å². The molecule has 108 valence electrons. The Balaban J connectivity index is 2.40. The Bertz CT molecular complexity index is 839. The van der Waals surface area contributed by atoms with Crippen molar-refractivity contribution in [1.29, 1.82) is 0 Å². The van der Waals surface area contributed by atoms with E-state index in [9.17, 15) is 0 Å². The summed E-state index contributed by atoms with van der Waals surface area (Å²) in [5, 5.41) is 3.12. The highest BCUT2D eigenvalue weighted by atomic mass is 35.5. The molecule has 1 aromatic heterocycles. The van der Waals surface area contributed by atoms with Crippen LogP contribution in [0, 0.1) is 0 Å². The molecule has 0 atom stereocenters. The molecule has 0 aliphatic heterocycles.